The summed E-state index contributed by atoms with van der Waals surface area (Å²) in [6.07, 6.45) is 0. The molecule has 2 rings (SSSR count). The smallest absolute Gasteiger partial charge is 0.331 e. The highest BCUT2D eigenvalue weighted by Gasteiger charge is 2.34. The molecule has 0 aliphatic rings. The molecule has 0 saturated carbocycles. The first-order valence-electron chi connectivity index (χ1n) is 10.7. The summed E-state index contributed by atoms with van der Waals surface area (Å²) < 4.78 is 38.5. The summed E-state index contributed by atoms with van der Waals surface area (Å²) in [4.78, 5) is 0.228. The zero-order chi connectivity index (χ0) is 24.2. The predicted octanol–water partition coefficient (Wildman–Crippen LogP) is 3.70. The Balaban J connectivity index is 2.15. The van der Waals surface area contributed by atoms with Crippen molar-refractivity contribution in [2.75, 3.05) is 13.1 Å². The molecular weight excluding hydrogens is 444 g/mol. The number of rotatable bonds is 11. The first kappa shape index (κ1) is 26.8. The lowest BCUT2D eigenvalue weighted by atomic mass is 9.81. The first-order chi connectivity index (χ1) is 14.9. The van der Waals surface area contributed by atoms with Crippen molar-refractivity contribution in [1.29, 1.82) is 0 Å². The average Bonchev–Trinajstić information content (AvgIpc) is 2.73. The number of hydrogen-bond donors (Lipinski definition) is 1. The van der Waals surface area contributed by atoms with E-state index in [1.54, 1.807) is 43.9 Å². The van der Waals surface area contributed by atoms with Gasteiger partial charge < -0.3 is 14.5 Å². The quantitative estimate of drug-likeness (QED) is 0.394. The van der Waals surface area contributed by atoms with Gasteiger partial charge in [0.25, 0.3) is 0 Å². The Morgan fingerprint density at radius 2 is 1.56 bits per heavy atom. The SMILES string of the molecule is CCN(CC)S(=O)(=O)c1ccc(Oc2ccc([B]OC(C)(C)C(C)(C)P)c(CO)c2)cc1. The lowest BCUT2D eigenvalue weighted by Crippen LogP contribution is -2.45. The number of benzene rings is 2. The summed E-state index contributed by atoms with van der Waals surface area (Å²) in [6, 6.07) is 11.7. The van der Waals surface area contributed by atoms with E-state index in [1.165, 1.54) is 4.31 Å². The van der Waals surface area contributed by atoms with E-state index in [9.17, 15) is 13.5 Å². The van der Waals surface area contributed by atoms with Crippen LogP contribution in [-0.2, 0) is 21.3 Å². The standard InChI is InChI=1S/C23H34BNO5PS/c1-7-25(8-2)32(27,28)20-12-9-18(10-13-20)29-19-11-14-21(17(15-19)16-26)24-30-22(3,4)23(5,6)31/h9-15,26H,7-8,16,31H2,1-6H3. The van der Waals surface area contributed by atoms with Gasteiger partial charge in [-0.25, -0.2) is 8.42 Å². The number of sulfonamides is 1. The van der Waals surface area contributed by atoms with Crippen molar-refractivity contribution in [3.05, 3.63) is 48.0 Å². The van der Waals surface area contributed by atoms with Crippen LogP contribution in [0, 0.1) is 0 Å². The molecule has 1 radical (unpaired) electrons. The van der Waals surface area contributed by atoms with Gasteiger partial charge >= 0.3 is 7.48 Å². The molecule has 0 aliphatic carbocycles. The third kappa shape index (κ3) is 6.33. The topological polar surface area (TPSA) is 76.1 Å². The van der Waals surface area contributed by atoms with Crippen molar-refractivity contribution in [1.82, 2.24) is 4.31 Å². The van der Waals surface area contributed by atoms with Gasteiger partial charge in [-0.05, 0) is 61.3 Å². The van der Waals surface area contributed by atoms with Crippen molar-refractivity contribution < 1.29 is 22.9 Å². The van der Waals surface area contributed by atoms with E-state index in [-0.39, 0.29) is 16.7 Å². The molecule has 0 heterocycles. The summed E-state index contributed by atoms with van der Waals surface area (Å²) in [5.41, 5.74) is 1.01. The van der Waals surface area contributed by atoms with Gasteiger partial charge in [0, 0.05) is 18.2 Å². The summed E-state index contributed by atoms with van der Waals surface area (Å²) >= 11 is 0. The molecule has 1 atom stereocenters. The fourth-order valence-corrected chi connectivity index (χ4v) is 4.31. The van der Waals surface area contributed by atoms with Crippen molar-refractivity contribution >= 4 is 32.2 Å². The van der Waals surface area contributed by atoms with E-state index in [0.29, 0.717) is 30.2 Å². The Labute approximate surface area is 195 Å². The van der Waals surface area contributed by atoms with E-state index in [1.807, 2.05) is 33.8 Å². The second-order valence-corrected chi connectivity index (χ2v) is 12.0. The van der Waals surface area contributed by atoms with Gasteiger partial charge in [-0.3, -0.25) is 0 Å². The monoisotopic (exact) mass is 478 g/mol. The van der Waals surface area contributed by atoms with Crippen LogP contribution >= 0.6 is 9.24 Å². The van der Waals surface area contributed by atoms with Gasteiger partial charge in [0.05, 0.1) is 17.1 Å². The van der Waals surface area contributed by atoms with Crippen LogP contribution in [0.25, 0.3) is 0 Å². The molecule has 175 valence electrons. The Kier molecular flexibility index (Phi) is 8.93. The zero-order valence-electron chi connectivity index (χ0n) is 19.8. The fourth-order valence-electron chi connectivity index (χ4n) is 2.79. The van der Waals surface area contributed by atoms with E-state index in [4.69, 9.17) is 9.39 Å². The minimum absolute atomic E-state index is 0.142. The van der Waals surface area contributed by atoms with Crippen LogP contribution in [0.1, 0.15) is 47.1 Å². The van der Waals surface area contributed by atoms with Crippen LogP contribution in [0.15, 0.2) is 47.4 Å². The van der Waals surface area contributed by atoms with Crippen LogP contribution in [0.5, 0.6) is 11.5 Å². The lowest BCUT2D eigenvalue weighted by molar-refractivity contribution is 0.0840. The van der Waals surface area contributed by atoms with Crippen molar-refractivity contribution in [2.24, 2.45) is 0 Å². The molecule has 2 aromatic carbocycles. The van der Waals surface area contributed by atoms with Gasteiger partial charge in [-0.1, -0.05) is 33.8 Å². The number of ether oxygens (including phenoxy) is 1. The van der Waals surface area contributed by atoms with E-state index in [2.05, 4.69) is 23.1 Å². The van der Waals surface area contributed by atoms with Crippen LogP contribution in [-0.4, -0.2) is 49.2 Å². The Morgan fingerprint density at radius 1 is 1.00 bits per heavy atom. The van der Waals surface area contributed by atoms with E-state index >= 15 is 0 Å². The van der Waals surface area contributed by atoms with Crippen LogP contribution < -0.4 is 10.2 Å². The van der Waals surface area contributed by atoms with Crippen LogP contribution in [0.4, 0.5) is 0 Å². The maximum Gasteiger partial charge on any atom is 0.331 e. The van der Waals surface area contributed by atoms with Gasteiger partial charge in [0.2, 0.25) is 10.0 Å². The molecular formula is C23H34BNO5PS. The number of hydrogen-bond acceptors (Lipinski definition) is 5. The molecule has 0 bridgehead atoms. The minimum atomic E-state index is -3.51. The van der Waals surface area contributed by atoms with Gasteiger partial charge in [0.15, 0.2) is 0 Å². The molecule has 1 unspecified atom stereocenters. The summed E-state index contributed by atoms with van der Waals surface area (Å²) in [6.45, 7) is 12.5. The molecule has 0 fully saturated rings. The second kappa shape index (κ2) is 10.7. The normalized spacial score (nSPS) is 12.8. The van der Waals surface area contributed by atoms with Crippen LogP contribution in [0.3, 0.4) is 0 Å². The largest absolute Gasteiger partial charge is 0.457 e. The number of nitrogens with zero attached hydrogens (tertiary/aromatic N) is 1. The molecule has 9 heteroatoms. The molecule has 2 aromatic rings. The summed E-state index contributed by atoms with van der Waals surface area (Å²) in [5, 5.41) is 9.67. The molecule has 1 N–H and O–H groups in total. The Morgan fingerprint density at radius 3 is 2.06 bits per heavy atom. The predicted molar refractivity (Wildman–Crippen MR) is 133 cm³/mol. The highest BCUT2D eigenvalue weighted by molar-refractivity contribution is 7.89. The van der Waals surface area contributed by atoms with E-state index in [0.717, 1.165) is 5.46 Å². The maximum absolute atomic E-state index is 12.6. The van der Waals surface area contributed by atoms with Gasteiger partial charge in [-0.2, -0.15) is 4.31 Å². The maximum atomic E-state index is 12.6. The molecule has 6 nitrogen and oxygen atoms in total. The van der Waals surface area contributed by atoms with E-state index < -0.39 is 15.6 Å². The average molecular weight is 478 g/mol. The van der Waals surface area contributed by atoms with Crippen molar-refractivity contribution in [3.8, 4) is 11.5 Å². The second-order valence-electron chi connectivity index (χ2n) is 8.65. The Hall–Kier alpha value is -1.44. The summed E-state index contributed by atoms with van der Waals surface area (Å²) in [5.74, 6) is 1.04. The lowest BCUT2D eigenvalue weighted by Gasteiger charge is -2.39. The molecule has 0 spiro atoms. The molecule has 0 aliphatic heterocycles. The van der Waals surface area contributed by atoms with Gasteiger partial charge in [-0.15, -0.1) is 9.24 Å². The number of aliphatic hydroxyl groups excluding tert-OH is 1. The number of aliphatic hydroxyl groups is 1. The summed E-state index contributed by atoms with van der Waals surface area (Å²) in [7, 11) is 0.941. The third-order valence-electron chi connectivity index (χ3n) is 5.72. The molecule has 32 heavy (non-hydrogen) atoms. The highest BCUT2D eigenvalue weighted by Crippen LogP contribution is 2.33. The van der Waals surface area contributed by atoms with Crippen molar-refractivity contribution in [2.45, 2.75) is 63.8 Å². The molecule has 0 amide bonds. The van der Waals surface area contributed by atoms with Gasteiger partial charge in [0.1, 0.15) is 11.5 Å². The Bertz CT molecular complexity index is 1000. The third-order valence-corrected chi connectivity index (χ3v) is 8.48. The minimum Gasteiger partial charge on any atom is -0.457 e. The highest BCUT2D eigenvalue weighted by atomic mass is 32.2. The molecule has 0 saturated heterocycles. The fraction of sp³-hybridized carbons (Fsp3) is 0.478. The molecule has 0 aromatic heterocycles. The van der Waals surface area contributed by atoms with Crippen molar-refractivity contribution in [3.63, 3.8) is 0 Å². The van der Waals surface area contributed by atoms with Crippen LogP contribution in [0.2, 0.25) is 0 Å². The first-order valence-corrected chi connectivity index (χ1v) is 12.7. The zero-order valence-corrected chi connectivity index (χ0v) is 21.7.